The Labute approximate surface area is 388 Å². The van der Waals surface area contributed by atoms with E-state index in [1.807, 2.05) is 0 Å². The number of H-pyrrole nitrogens is 1. The van der Waals surface area contributed by atoms with Gasteiger partial charge in [0, 0.05) is 29.3 Å². The van der Waals surface area contributed by atoms with Crippen molar-refractivity contribution >= 4 is 63.3 Å². The van der Waals surface area contributed by atoms with Crippen molar-refractivity contribution in [3.63, 3.8) is 0 Å². The molecule has 262 valence electrons. The molecule has 0 saturated carbocycles. The van der Waals surface area contributed by atoms with Gasteiger partial charge in [-0.2, -0.15) is 0 Å². The molecule has 0 aliphatic heterocycles. The molecule has 0 atom stereocenters. The minimum atomic E-state index is -2.81. The van der Waals surface area contributed by atoms with Gasteiger partial charge in [0.15, 0.2) is 22.3 Å². The minimum Gasteiger partial charge on any atom is -1.00 e. The van der Waals surface area contributed by atoms with E-state index < -0.39 is 57.5 Å². The average Bonchev–Trinajstić information content (AvgIpc) is 3.55. The molecule has 4 rings (SSSR count). The normalized spacial score (nSPS) is 12.8. The Bertz CT molecular complexity index is 2180. The van der Waals surface area contributed by atoms with E-state index >= 15 is 0 Å². The van der Waals surface area contributed by atoms with Crippen LogP contribution in [0.2, 0.25) is 0 Å². The van der Waals surface area contributed by atoms with E-state index in [9.17, 15) is 28.8 Å². The number of imidazole rings is 2. The van der Waals surface area contributed by atoms with Crippen molar-refractivity contribution in [2.45, 2.75) is 65.8 Å². The third-order valence-electron chi connectivity index (χ3n) is 5.37. The standard InChI is InChI=1S/C13H18N4O4.C12H16N4O4.CH3I.CH2O3.2K.H/c1-13(2,3)21-8(18)6-17-7-14-10-9(17)11(19)16(5)12(20)15(10)4;1-12(2,3)20-7(17)5-16-6-13-9-8(16)10(18)15(4)11(19)14-9;1-2;2-1-4-3;;;/h7H,6H2,1-5H3;6H,5H2,1-4H3,(H,14,19);1H3;1,3H;;;/q;;;;2*+1;-1/p-1/i4D3;;1D3;;;;. The quantitative estimate of drug-likeness (QED) is 0.0374. The zero-order valence-electron chi connectivity index (χ0n) is 35.6. The fourth-order valence-corrected chi connectivity index (χ4v) is 3.64. The predicted molar refractivity (Wildman–Crippen MR) is 176 cm³/mol. The van der Waals surface area contributed by atoms with E-state index in [-0.39, 0.29) is 146 Å². The van der Waals surface area contributed by atoms with Gasteiger partial charge in [-0.3, -0.25) is 42.7 Å². The molecule has 0 radical (unpaired) electrons. The average molecular weight is 863 g/mol. The number of carbonyl (C=O) groups excluding carboxylic acids is 3. The van der Waals surface area contributed by atoms with Gasteiger partial charge < -0.3 is 30.2 Å². The number of aromatic amines is 1. The molecular weight excluding hydrogens is 817 g/mol. The van der Waals surface area contributed by atoms with E-state index in [0.29, 0.717) is 9.13 Å². The summed E-state index contributed by atoms with van der Waals surface area (Å²) in [6.07, 6.45) is 2.46. The molecule has 4 aromatic rings. The van der Waals surface area contributed by atoms with Crippen LogP contribution in [0.1, 0.15) is 51.2 Å². The van der Waals surface area contributed by atoms with Gasteiger partial charge in [0.25, 0.3) is 17.6 Å². The third kappa shape index (κ3) is 14.7. The first kappa shape index (κ1) is 38.9. The number of aromatic nitrogens is 8. The van der Waals surface area contributed by atoms with Crippen LogP contribution < -0.4 is 131 Å². The van der Waals surface area contributed by atoms with Crippen molar-refractivity contribution in [1.29, 1.82) is 0 Å². The number of hydrogen-bond acceptors (Lipinski definition) is 13. The summed E-state index contributed by atoms with van der Waals surface area (Å²) >= 11 is 1.38. The summed E-state index contributed by atoms with van der Waals surface area (Å²) in [6.45, 7) is 6.89. The van der Waals surface area contributed by atoms with Crippen LogP contribution in [0.4, 0.5) is 0 Å². The van der Waals surface area contributed by atoms with Gasteiger partial charge in [0.1, 0.15) is 24.3 Å². The monoisotopic (exact) mass is 862 g/mol. The van der Waals surface area contributed by atoms with Crippen LogP contribution in [0.15, 0.2) is 31.8 Å². The summed E-state index contributed by atoms with van der Waals surface area (Å²) in [7, 11) is 2.52. The van der Waals surface area contributed by atoms with Crippen LogP contribution in [0.5, 0.6) is 0 Å². The Morgan fingerprint density at radius 2 is 1.33 bits per heavy atom. The number of carbonyl (C=O) groups is 3. The molecule has 22 heteroatoms. The molecule has 4 heterocycles. The molecule has 0 bridgehead atoms. The number of alkyl halides is 1. The zero-order valence-corrected chi connectivity index (χ0v) is 37.0. The number of nitrogens with zero attached hydrogens (tertiary/aromatic N) is 7. The van der Waals surface area contributed by atoms with E-state index in [2.05, 4.69) is 19.8 Å². The first-order chi connectivity index (χ1) is 23.9. The third-order valence-corrected chi connectivity index (χ3v) is 5.37. The van der Waals surface area contributed by atoms with Crippen LogP contribution in [0.25, 0.3) is 22.3 Å². The predicted octanol–water partition coefficient (Wildman–Crippen LogP) is -6.85. The molecule has 49 heavy (non-hydrogen) atoms. The number of rotatable bonds is 5. The van der Waals surface area contributed by atoms with Crippen LogP contribution in [0.3, 0.4) is 0 Å². The Hall–Kier alpha value is -1.33. The molecule has 0 unspecified atom stereocenters. The molecular formula is C27H39IK2N8O11. The molecule has 0 aromatic carbocycles. The van der Waals surface area contributed by atoms with Crippen LogP contribution in [-0.4, -0.2) is 72.3 Å². The van der Waals surface area contributed by atoms with Crippen molar-refractivity contribution in [3.05, 3.63) is 54.3 Å². The Morgan fingerprint density at radius 1 is 0.898 bits per heavy atom. The Balaban J connectivity index is -0.000000795. The smallest absolute Gasteiger partial charge is 1.00 e. The fraction of sp³-hybridized carbons (Fsp3) is 0.519. The second kappa shape index (κ2) is 21.9. The van der Waals surface area contributed by atoms with E-state index in [0.717, 1.165) is 17.9 Å². The molecule has 0 aliphatic rings. The zero-order chi connectivity index (χ0) is 41.4. The van der Waals surface area contributed by atoms with Crippen molar-refractivity contribution in [2.75, 3.05) is 4.86 Å². The van der Waals surface area contributed by atoms with Crippen molar-refractivity contribution in [2.24, 2.45) is 21.1 Å². The van der Waals surface area contributed by atoms with E-state index in [4.69, 9.17) is 27.8 Å². The summed E-state index contributed by atoms with van der Waals surface area (Å²) in [4.78, 5) is 91.3. The second-order valence-corrected chi connectivity index (χ2v) is 11.3. The molecule has 0 amide bonds. The number of aryl methyl sites for hydroxylation is 1. The van der Waals surface area contributed by atoms with Gasteiger partial charge in [0.2, 0.25) is 0 Å². The second-order valence-electron chi connectivity index (χ2n) is 11.3. The van der Waals surface area contributed by atoms with Gasteiger partial charge in [-0.15, -0.1) is 0 Å². The Morgan fingerprint density at radius 3 is 1.76 bits per heavy atom. The number of fused-ring (bicyclic) bond motifs is 2. The van der Waals surface area contributed by atoms with Crippen LogP contribution in [0, 0.1) is 0 Å². The van der Waals surface area contributed by atoms with Gasteiger partial charge in [-0.25, -0.2) is 19.6 Å². The van der Waals surface area contributed by atoms with Crippen molar-refractivity contribution < 1.29 is 146 Å². The minimum absolute atomic E-state index is 0. The van der Waals surface area contributed by atoms with Crippen molar-refractivity contribution in [3.8, 4) is 0 Å². The number of ether oxygens (including phenoxy) is 2. The van der Waals surface area contributed by atoms with Gasteiger partial charge in [0.05, 0.1) is 12.7 Å². The molecule has 0 saturated heterocycles. The first-order valence-electron chi connectivity index (χ1n) is 16.1. The van der Waals surface area contributed by atoms with Gasteiger partial charge >= 0.3 is 126 Å². The van der Waals surface area contributed by atoms with Crippen molar-refractivity contribution in [1.82, 2.24) is 37.8 Å². The summed E-state index contributed by atoms with van der Waals surface area (Å²) in [5.41, 5.74) is -4.25. The van der Waals surface area contributed by atoms with Gasteiger partial charge in [-0.05, 0) is 46.4 Å². The molecule has 19 nitrogen and oxygen atoms in total. The van der Waals surface area contributed by atoms with E-state index in [1.54, 1.807) is 41.5 Å². The number of nitrogens with one attached hydrogen (secondary N) is 1. The van der Waals surface area contributed by atoms with Crippen LogP contribution in [-0.2, 0) is 62.9 Å². The summed E-state index contributed by atoms with van der Waals surface area (Å²) < 4.78 is 56.1. The number of hydrogen-bond donors (Lipinski definition) is 1. The maximum absolute atomic E-state index is 12.3. The molecule has 4 aromatic heterocycles. The summed E-state index contributed by atoms with van der Waals surface area (Å²) in [5.74, 6) is -1.10. The largest absolute Gasteiger partial charge is 1.00 e. The topological polar surface area (TPSA) is 236 Å². The number of esters is 2. The van der Waals surface area contributed by atoms with E-state index in [1.165, 1.54) is 45.1 Å². The molecule has 0 aliphatic carbocycles. The van der Waals surface area contributed by atoms with Crippen LogP contribution >= 0.6 is 22.6 Å². The summed E-state index contributed by atoms with van der Waals surface area (Å²) in [5, 5.41) is 8.43. The maximum Gasteiger partial charge on any atom is 1.00 e. The molecule has 1 N–H and O–H groups in total. The molecule has 0 spiro atoms. The summed E-state index contributed by atoms with van der Waals surface area (Å²) in [6, 6.07) is 0. The SMILES string of the molecule is Cn1c(=O)[nH]c2ncn(CC(=O)OC(C)(C)C)c2c1=O.O=CO[O-].[2H]C([2H])([2H])I.[2H]C([2H])([2H])n1c(=O)n(C)c(=O)c2c1ncn2CC(=O)OC(C)(C)C.[H-].[K+].[K+]. The molecule has 0 fully saturated rings. The maximum atomic E-state index is 12.3. The fourth-order valence-electron chi connectivity index (χ4n) is 3.64. The Kier molecular flexibility index (Phi) is 17.4. The number of halogens is 1. The van der Waals surface area contributed by atoms with Gasteiger partial charge in [-0.1, -0.05) is 22.6 Å². The first-order valence-corrected chi connectivity index (χ1v) is 14.2.